The smallest absolute Gasteiger partial charge is 0.195 e. The average molecular weight is 474 g/mol. The maximum absolute atomic E-state index is 5.53. The van der Waals surface area contributed by atoms with Gasteiger partial charge in [0.1, 0.15) is 12.2 Å². The predicted molar refractivity (Wildman–Crippen MR) is 114 cm³/mol. The lowest BCUT2D eigenvalue weighted by molar-refractivity contribution is 0.311. The van der Waals surface area contributed by atoms with Gasteiger partial charge < -0.3 is 24.7 Å². The second-order valence-electron chi connectivity index (χ2n) is 5.22. The molecule has 0 saturated carbocycles. The fourth-order valence-corrected chi connectivity index (χ4v) is 2.37. The van der Waals surface area contributed by atoms with Crippen molar-refractivity contribution in [3.05, 3.63) is 30.4 Å². The Kier molecular flexibility index (Phi) is 9.78. The third kappa shape index (κ3) is 6.04. The molecule has 0 aliphatic heterocycles. The summed E-state index contributed by atoms with van der Waals surface area (Å²) in [5.74, 6) is 3.05. The summed E-state index contributed by atoms with van der Waals surface area (Å²) in [5.41, 5.74) is 0.868. The van der Waals surface area contributed by atoms with Gasteiger partial charge in [-0.05, 0) is 19.1 Å². The van der Waals surface area contributed by atoms with Crippen molar-refractivity contribution in [3.8, 4) is 11.5 Å². The molecule has 1 aromatic carbocycles. The number of nitrogens with one attached hydrogen (secondary N) is 2. The zero-order valence-corrected chi connectivity index (χ0v) is 18.0. The van der Waals surface area contributed by atoms with Crippen LogP contribution in [-0.4, -0.2) is 48.0 Å². The van der Waals surface area contributed by atoms with Gasteiger partial charge in [-0.25, -0.2) is 0 Å². The first-order valence-electron chi connectivity index (χ1n) is 8.37. The van der Waals surface area contributed by atoms with Crippen molar-refractivity contribution < 1.29 is 9.47 Å². The highest BCUT2D eigenvalue weighted by Gasteiger charge is 2.07. The zero-order valence-electron chi connectivity index (χ0n) is 15.7. The van der Waals surface area contributed by atoms with E-state index in [-0.39, 0.29) is 24.0 Å². The van der Waals surface area contributed by atoms with Gasteiger partial charge in [0.15, 0.2) is 17.5 Å². The molecule has 0 unspecified atom stereocenters. The molecule has 2 N–H and O–H groups in total. The quantitative estimate of drug-likeness (QED) is 0.348. The topological polar surface area (TPSA) is 85.6 Å². The van der Waals surface area contributed by atoms with Crippen LogP contribution in [0.4, 0.5) is 5.69 Å². The number of anilines is 1. The summed E-state index contributed by atoms with van der Waals surface area (Å²) >= 11 is 0. The summed E-state index contributed by atoms with van der Waals surface area (Å²) in [6, 6.07) is 5.69. The largest absolute Gasteiger partial charge is 0.493 e. The SMILES string of the molecule is CCOc1ccc(NC(=NC)NCCn2cnnc2CC)cc1OC.I. The van der Waals surface area contributed by atoms with Crippen molar-refractivity contribution in [2.24, 2.45) is 4.99 Å². The molecule has 2 aromatic rings. The van der Waals surface area contributed by atoms with Gasteiger partial charge in [-0.2, -0.15) is 0 Å². The highest BCUT2D eigenvalue weighted by atomic mass is 127. The van der Waals surface area contributed by atoms with Crippen molar-refractivity contribution >= 4 is 35.6 Å². The first-order chi connectivity index (χ1) is 12.2. The molecular weight excluding hydrogens is 447 g/mol. The molecule has 8 nitrogen and oxygen atoms in total. The van der Waals surface area contributed by atoms with E-state index in [0.29, 0.717) is 24.9 Å². The number of hydrogen-bond acceptors (Lipinski definition) is 5. The van der Waals surface area contributed by atoms with Crippen LogP contribution < -0.4 is 20.1 Å². The first-order valence-corrected chi connectivity index (χ1v) is 8.37. The monoisotopic (exact) mass is 474 g/mol. The molecule has 0 fully saturated rings. The number of aliphatic imine (C=N–C) groups is 1. The van der Waals surface area contributed by atoms with Crippen LogP contribution in [0, 0.1) is 0 Å². The molecule has 0 atom stereocenters. The normalized spacial score (nSPS) is 10.8. The van der Waals surface area contributed by atoms with Crippen LogP contribution in [0.2, 0.25) is 0 Å². The van der Waals surface area contributed by atoms with E-state index in [0.717, 1.165) is 30.2 Å². The second-order valence-corrected chi connectivity index (χ2v) is 5.22. The molecule has 0 radical (unpaired) electrons. The second kappa shape index (κ2) is 11.6. The van der Waals surface area contributed by atoms with E-state index in [1.165, 1.54) is 0 Å². The zero-order chi connectivity index (χ0) is 18.1. The van der Waals surface area contributed by atoms with Gasteiger partial charge in [0.05, 0.1) is 13.7 Å². The number of aryl methyl sites for hydroxylation is 1. The minimum absolute atomic E-state index is 0. The standard InChI is InChI=1S/C17H26N6O2.HI/c1-5-16-22-20-12-23(16)10-9-19-17(18-3)21-13-7-8-14(25-6-2)15(11-13)24-4;/h7-8,11-12H,5-6,9-10H2,1-4H3,(H2,18,19,21);1H. The number of hydrogen-bond donors (Lipinski definition) is 2. The fourth-order valence-electron chi connectivity index (χ4n) is 2.37. The molecule has 26 heavy (non-hydrogen) atoms. The molecule has 0 bridgehead atoms. The molecule has 0 aliphatic carbocycles. The lowest BCUT2D eigenvalue weighted by Gasteiger charge is -2.15. The van der Waals surface area contributed by atoms with E-state index in [1.54, 1.807) is 20.5 Å². The minimum atomic E-state index is 0. The third-order valence-electron chi connectivity index (χ3n) is 3.61. The van der Waals surface area contributed by atoms with Gasteiger partial charge in [0.25, 0.3) is 0 Å². The minimum Gasteiger partial charge on any atom is -0.493 e. The van der Waals surface area contributed by atoms with Crippen molar-refractivity contribution in [2.75, 3.05) is 32.6 Å². The summed E-state index contributed by atoms with van der Waals surface area (Å²) in [5, 5.41) is 14.5. The van der Waals surface area contributed by atoms with Gasteiger partial charge in [-0.3, -0.25) is 4.99 Å². The van der Waals surface area contributed by atoms with Crippen molar-refractivity contribution in [1.29, 1.82) is 0 Å². The van der Waals surface area contributed by atoms with E-state index in [2.05, 4.69) is 32.7 Å². The Bertz CT molecular complexity index is 704. The Hall–Kier alpha value is -2.04. The van der Waals surface area contributed by atoms with Gasteiger partial charge in [0.2, 0.25) is 0 Å². The van der Waals surface area contributed by atoms with Crippen LogP contribution in [0.1, 0.15) is 19.7 Å². The Morgan fingerprint density at radius 2 is 2.08 bits per heavy atom. The van der Waals surface area contributed by atoms with Gasteiger partial charge in [-0.1, -0.05) is 6.92 Å². The van der Waals surface area contributed by atoms with E-state index in [1.807, 2.05) is 29.7 Å². The summed E-state index contributed by atoms with van der Waals surface area (Å²) in [6.45, 7) is 6.07. The summed E-state index contributed by atoms with van der Waals surface area (Å²) < 4.78 is 12.9. The van der Waals surface area contributed by atoms with Gasteiger partial charge >= 0.3 is 0 Å². The van der Waals surface area contributed by atoms with Gasteiger partial charge in [0, 0.05) is 38.3 Å². The fraction of sp³-hybridized carbons (Fsp3) is 0.471. The van der Waals surface area contributed by atoms with Crippen molar-refractivity contribution in [2.45, 2.75) is 26.8 Å². The molecule has 0 aliphatic rings. The van der Waals surface area contributed by atoms with Crippen LogP contribution in [0.15, 0.2) is 29.5 Å². The molecule has 0 saturated heterocycles. The van der Waals surface area contributed by atoms with Gasteiger partial charge in [-0.15, -0.1) is 34.2 Å². The maximum atomic E-state index is 5.53. The van der Waals surface area contributed by atoms with Crippen LogP contribution in [0.3, 0.4) is 0 Å². The Balaban J connectivity index is 0.00000338. The van der Waals surface area contributed by atoms with Crippen LogP contribution in [0.5, 0.6) is 11.5 Å². The third-order valence-corrected chi connectivity index (χ3v) is 3.61. The molecule has 9 heteroatoms. The van der Waals surface area contributed by atoms with E-state index >= 15 is 0 Å². The Morgan fingerprint density at radius 3 is 2.73 bits per heavy atom. The highest BCUT2D eigenvalue weighted by Crippen LogP contribution is 2.30. The number of halogens is 1. The summed E-state index contributed by atoms with van der Waals surface area (Å²) in [6.07, 6.45) is 2.60. The van der Waals surface area contributed by atoms with Crippen molar-refractivity contribution in [1.82, 2.24) is 20.1 Å². The number of guanidine groups is 1. The number of rotatable bonds is 8. The molecule has 0 spiro atoms. The van der Waals surface area contributed by atoms with Crippen LogP contribution >= 0.6 is 24.0 Å². The lowest BCUT2D eigenvalue weighted by atomic mass is 10.2. The number of methoxy groups -OCH3 is 1. The van der Waals surface area contributed by atoms with E-state index in [9.17, 15) is 0 Å². The molecule has 144 valence electrons. The van der Waals surface area contributed by atoms with E-state index < -0.39 is 0 Å². The Morgan fingerprint density at radius 1 is 1.27 bits per heavy atom. The van der Waals surface area contributed by atoms with E-state index in [4.69, 9.17) is 9.47 Å². The number of ether oxygens (including phenoxy) is 2. The Labute approximate surface area is 171 Å². The predicted octanol–water partition coefficient (Wildman–Crippen LogP) is 2.55. The van der Waals surface area contributed by atoms with Crippen molar-refractivity contribution in [3.63, 3.8) is 0 Å². The molecule has 1 heterocycles. The maximum Gasteiger partial charge on any atom is 0.195 e. The van der Waals surface area contributed by atoms with Crippen LogP contribution in [0.25, 0.3) is 0 Å². The molecule has 1 aromatic heterocycles. The highest BCUT2D eigenvalue weighted by molar-refractivity contribution is 14.0. The summed E-state index contributed by atoms with van der Waals surface area (Å²) in [7, 11) is 3.36. The first kappa shape index (κ1) is 22.0. The average Bonchev–Trinajstić information content (AvgIpc) is 3.09. The lowest BCUT2D eigenvalue weighted by Crippen LogP contribution is -2.33. The molecular formula is C17H27IN6O2. The molecule has 2 rings (SSSR count). The number of benzene rings is 1. The number of nitrogens with zero attached hydrogens (tertiary/aromatic N) is 4. The van der Waals surface area contributed by atoms with Crippen LogP contribution in [-0.2, 0) is 13.0 Å². The molecule has 0 amide bonds. The number of aromatic nitrogens is 3. The summed E-state index contributed by atoms with van der Waals surface area (Å²) in [4.78, 5) is 4.24.